The molecular weight excluding hydrogens is 476 g/mol. The fourth-order valence-corrected chi connectivity index (χ4v) is 2.90. The van der Waals surface area contributed by atoms with E-state index in [4.69, 9.17) is 9.47 Å². The molecule has 0 unspecified atom stereocenters. The first-order valence-electron chi connectivity index (χ1n) is 9.60. The van der Waals surface area contributed by atoms with Crippen molar-refractivity contribution in [1.82, 2.24) is 0 Å². The molecule has 3 rings (SSSR count). The van der Waals surface area contributed by atoms with E-state index < -0.39 is 65.6 Å². The van der Waals surface area contributed by atoms with Crippen LogP contribution >= 0.6 is 0 Å². The Morgan fingerprint density at radius 3 is 1.82 bits per heavy atom. The van der Waals surface area contributed by atoms with Gasteiger partial charge < -0.3 is 9.47 Å². The quantitative estimate of drug-likeness (QED) is 0.118. The number of benzene rings is 3. The van der Waals surface area contributed by atoms with Crippen molar-refractivity contribution in [2.45, 2.75) is 19.0 Å². The average Bonchev–Trinajstić information content (AvgIpc) is 2.74. The third-order valence-corrected chi connectivity index (χ3v) is 4.47. The Labute approximate surface area is 187 Å². The molecule has 0 N–H and O–H groups in total. The standard InChI is InChI=1S/C23H14F8O3/c24-16-8-14(33-7-1-6-23(29,30)31)9-17(25)20(16)12-2-4-13(5-3-12)22(32)34-15-10-18(26)21(28)19(27)11-15/h2-5,8-11H,1,6-7H2. The number of ether oxygens (including phenoxy) is 2. The maximum Gasteiger partial charge on any atom is 0.389 e. The van der Waals surface area contributed by atoms with E-state index in [1.54, 1.807) is 0 Å². The van der Waals surface area contributed by atoms with E-state index in [0.29, 0.717) is 12.1 Å². The summed E-state index contributed by atoms with van der Waals surface area (Å²) in [6.07, 6.45) is -5.85. The Kier molecular flexibility index (Phi) is 7.43. The van der Waals surface area contributed by atoms with Crippen molar-refractivity contribution in [3.63, 3.8) is 0 Å². The summed E-state index contributed by atoms with van der Waals surface area (Å²) in [6.45, 7) is -0.392. The van der Waals surface area contributed by atoms with Crippen LogP contribution in [0.15, 0.2) is 48.5 Å². The Balaban J connectivity index is 1.70. The Morgan fingerprint density at radius 1 is 0.765 bits per heavy atom. The number of carbonyl (C=O) groups is 1. The Hall–Kier alpha value is -3.63. The molecule has 34 heavy (non-hydrogen) atoms. The van der Waals surface area contributed by atoms with Crippen LogP contribution in [0.4, 0.5) is 35.1 Å². The third-order valence-electron chi connectivity index (χ3n) is 4.47. The maximum atomic E-state index is 14.5. The van der Waals surface area contributed by atoms with Crippen molar-refractivity contribution in [2.75, 3.05) is 6.61 Å². The number of alkyl halides is 3. The molecule has 3 aromatic carbocycles. The minimum absolute atomic E-state index is 0.00837. The van der Waals surface area contributed by atoms with Gasteiger partial charge in [-0.3, -0.25) is 0 Å². The van der Waals surface area contributed by atoms with Crippen LogP contribution in [0.1, 0.15) is 23.2 Å². The first-order chi connectivity index (χ1) is 15.9. The largest absolute Gasteiger partial charge is 0.493 e. The van der Waals surface area contributed by atoms with Crippen molar-refractivity contribution >= 4 is 5.97 Å². The molecule has 0 heterocycles. The SMILES string of the molecule is O=C(Oc1cc(F)c(F)c(F)c1)c1ccc(-c2c(F)cc(OCCCC(F)(F)F)cc2F)cc1. The molecule has 11 heteroatoms. The van der Waals surface area contributed by atoms with Crippen LogP contribution in [-0.2, 0) is 0 Å². The molecular formula is C23H14F8O3. The first-order valence-corrected chi connectivity index (χ1v) is 9.60. The lowest BCUT2D eigenvalue weighted by atomic mass is 10.0. The van der Waals surface area contributed by atoms with Crippen molar-refractivity contribution in [1.29, 1.82) is 0 Å². The Morgan fingerprint density at radius 2 is 1.29 bits per heavy atom. The van der Waals surface area contributed by atoms with Crippen molar-refractivity contribution in [3.8, 4) is 22.6 Å². The highest BCUT2D eigenvalue weighted by molar-refractivity contribution is 5.91. The first kappa shape index (κ1) is 25.0. The van der Waals surface area contributed by atoms with Gasteiger partial charge in [0.1, 0.15) is 23.1 Å². The molecule has 3 nitrogen and oxygen atoms in total. The van der Waals surface area contributed by atoms with Crippen LogP contribution < -0.4 is 9.47 Å². The minimum Gasteiger partial charge on any atom is -0.493 e. The second-order valence-electron chi connectivity index (χ2n) is 7.00. The normalized spacial score (nSPS) is 11.4. The fourth-order valence-electron chi connectivity index (χ4n) is 2.90. The third kappa shape index (κ3) is 6.24. The summed E-state index contributed by atoms with van der Waals surface area (Å²) < 4.78 is 115. The number of carbonyl (C=O) groups excluding carboxylic acids is 1. The van der Waals surface area contributed by atoms with Gasteiger partial charge in [0.25, 0.3) is 0 Å². The molecule has 0 radical (unpaired) electrons. The summed E-state index contributed by atoms with van der Waals surface area (Å²) >= 11 is 0. The zero-order valence-electron chi connectivity index (χ0n) is 17.0. The van der Waals surface area contributed by atoms with E-state index in [1.807, 2.05) is 0 Å². The second-order valence-corrected chi connectivity index (χ2v) is 7.00. The van der Waals surface area contributed by atoms with E-state index in [9.17, 15) is 39.9 Å². The molecule has 3 aromatic rings. The highest BCUT2D eigenvalue weighted by Gasteiger charge is 2.26. The van der Waals surface area contributed by atoms with Gasteiger partial charge in [0.2, 0.25) is 0 Å². The second kappa shape index (κ2) is 10.1. The van der Waals surface area contributed by atoms with Gasteiger partial charge in [0, 0.05) is 30.7 Å². The number of hydrogen-bond acceptors (Lipinski definition) is 3. The van der Waals surface area contributed by atoms with Gasteiger partial charge in [-0.25, -0.2) is 26.7 Å². The lowest BCUT2D eigenvalue weighted by Crippen LogP contribution is -2.10. The van der Waals surface area contributed by atoms with Gasteiger partial charge in [-0.1, -0.05) is 12.1 Å². The number of halogens is 8. The minimum atomic E-state index is -4.37. The van der Waals surface area contributed by atoms with E-state index in [-0.39, 0.29) is 23.3 Å². The molecule has 0 atom stereocenters. The van der Waals surface area contributed by atoms with Crippen LogP contribution in [0, 0.1) is 29.1 Å². The van der Waals surface area contributed by atoms with Crippen LogP contribution in [0.3, 0.4) is 0 Å². The van der Waals surface area contributed by atoms with E-state index in [1.165, 1.54) is 12.1 Å². The molecule has 0 aliphatic rings. The van der Waals surface area contributed by atoms with Gasteiger partial charge in [0.05, 0.1) is 17.7 Å². The number of rotatable bonds is 7. The molecule has 0 fully saturated rings. The summed E-state index contributed by atoms with van der Waals surface area (Å²) in [5, 5.41) is 0. The zero-order valence-corrected chi connectivity index (χ0v) is 17.0. The van der Waals surface area contributed by atoms with Gasteiger partial charge in [-0.05, 0) is 24.1 Å². The molecule has 0 bridgehead atoms. The predicted octanol–water partition coefficient (Wildman–Crippen LogP) is 6.99. The molecule has 0 aromatic heterocycles. The topological polar surface area (TPSA) is 35.5 Å². The molecule has 180 valence electrons. The summed E-state index contributed by atoms with van der Waals surface area (Å²) in [4.78, 5) is 12.1. The highest BCUT2D eigenvalue weighted by atomic mass is 19.4. The zero-order chi connectivity index (χ0) is 25.0. The van der Waals surface area contributed by atoms with E-state index >= 15 is 0 Å². The summed E-state index contributed by atoms with van der Waals surface area (Å²) in [5.74, 6) is -8.91. The number of hydrogen-bond donors (Lipinski definition) is 0. The predicted molar refractivity (Wildman–Crippen MR) is 104 cm³/mol. The summed E-state index contributed by atoms with van der Waals surface area (Å²) in [7, 11) is 0. The molecule has 0 amide bonds. The van der Waals surface area contributed by atoms with Crippen LogP contribution in [0.2, 0.25) is 0 Å². The lowest BCUT2D eigenvalue weighted by Gasteiger charge is -2.11. The summed E-state index contributed by atoms with van der Waals surface area (Å²) in [6, 6.07) is 7.19. The van der Waals surface area contributed by atoms with E-state index in [0.717, 1.165) is 24.3 Å². The van der Waals surface area contributed by atoms with Crippen LogP contribution in [-0.4, -0.2) is 18.8 Å². The molecule has 0 aliphatic carbocycles. The fraction of sp³-hybridized carbons (Fsp3) is 0.174. The molecule has 0 saturated carbocycles. The lowest BCUT2D eigenvalue weighted by molar-refractivity contribution is -0.136. The van der Waals surface area contributed by atoms with Crippen LogP contribution in [0.5, 0.6) is 11.5 Å². The maximum absolute atomic E-state index is 14.5. The van der Waals surface area contributed by atoms with Gasteiger partial charge in [0.15, 0.2) is 17.5 Å². The summed E-state index contributed by atoms with van der Waals surface area (Å²) in [5.41, 5.74) is -0.612. The molecule has 0 saturated heterocycles. The van der Waals surface area contributed by atoms with Gasteiger partial charge in [-0.2, -0.15) is 13.2 Å². The van der Waals surface area contributed by atoms with Crippen molar-refractivity contribution in [3.05, 3.63) is 83.2 Å². The molecule has 0 aliphatic heterocycles. The monoisotopic (exact) mass is 490 g/mol. The Bertz CT molecular complexity index is 1140. The van der Waals surface area contributed by atoms with Crippen molar-refractivity contribution in [2.24, 2.45) is 0 Å². The highest BCUT2D eigenvalue weighted by Crippen LogP contribution is 2.31. The molecule has 0 spiro atoms. The average molecular weight is 490 g/mol. The smallest absolute Gasteiger partial charge is 0.389 e. The van der Waals surface area contributed by atoms with E-state index in [2.05, 4.69) is 0 Å². The van der Waals surface area contributed by atoms with Crippen molar-refractivity contribution < 1.29 is 49.4 Å². The van der Waals surface area contributed by atoms with Gasteiger partial charge in [-0.15, -0.1) is 0 Å². The van der Waals surface area contributed by atoms with Crippen LogP contribution in [0.25, 0.3) is 11.1 Å². The van der Waals surface area contributed by atoms with Gasteiger partial charge >= 0.3 is 12.1 Å². The number of esters is 1.